The average molecular weight is 374 g/mol. The molecule has 4 rings (SSSR count). The Hall–Kier alpha value is -2.04. The molecule has 1 aliphatic heterocycles. The van der Waals surface area contributed by atoms with Gasteiger partial charge in [-0.2, -0.15) is 0 Å². The van der Waals surface area contributed by atoms with Crippen molar-refractivity contribution in [2.45, 2.75) is 38.7 Å². The van der Waals surface area contributed by atoms with Gasteiger partial charge in [-0.15, -0.1) is 0 Å². The van der Waals surface area contributed by atoms with Crippen LogP contribution < -0.4 is 0 Å². The second-order valence-electron chi connectivity index (χ2n) is 8.01. The van der Waals surface area contributed by atoms with Gasteiger partial charge in [0, 0.05) is 27.7 Å². The van der Waals surface area contributed by atoms with Gasteiger partial charge in [0.25, 0.3) is 0 Å². The summed E-state index contributed by atoms with van der Waals surface area (Å²) in [6, 6.07) is 10.2. The maximum atomic E-state index is 14.2. The molecule has 2 aromatic carbocycles. The first-order valence-electron chi connectivity index (χ1n) is 8.60. The van der Waals surface area contributed by atoms with Gasteiger partial charge in [0.15, 0.2) is 0 Å². The van der Waals surface area contributed by atoms with E-state index in [4.69, 9.17) is 16.3 Å². The van der Waals surface area contributed by atoms with Crippen LogP contribution in [0.4, 0.5) is 4.39 Å². The van der Waals surface area contributed by atoms with Crippen molar-refractivity contribution in [3.63, 3.8) is 0 Å². The van der Waals surface area contributed by atoms with Crippen LogP contribution in [0.5, 0.6) is 5.75 Å². The summed E-state index contributed by atoms with van der Waals surface area (Å²) in [5.74, 6) is -0.273. The first-order valence-corrected chi connectivity index (χ1v) is 8.98. The Kier molecular flexibility index (Phi) is 3.66. The Morgan fingerprint density at radius 3 is 2.58 bits per heavy atom. The number of fused-ring (bicyclic) bond motifs is 3. The van der Waals surface area contributed by atoms with Gasteiger partial charge in [0.05, 0.1) is 22.7 Å². The first-order chi connectivity index (χ1) is 12.1. The smallest absolute Gasteiger partial charge is 0.143 e. The van der Waals surface area contributed by atoms with Crippen LogP contribution in [-0.4, -0.2) is 16.3 Å². The van der Waals surface area contributed by atoms with Crippen molar-refractivity contribution in [1.82, 2.24) is 4.57 Å². The number of ether oxygens (including phenoxy) is 1. The van der Waals surface area contributed by atoms with Gasteiger partial charge in [-0.25, -0.2) is 4.39 Å². The first kappa shape index (κ1) is 17.4. The number of aromatic hydroxyl groups is 1. The van der Waals surface area contributed by atoms with Crippen LogP contribution >= 0.6 is 11.6 Å². The lowest BCUT2D eigenvalue weighted by atomic mass is 9.79. The number of hydrogen-bond donors (Lipinski definition) is 1. The molecule has 3 aromatic rings. The van der Waals surface area contributed by atoms with Crippen LogP contribution in [0.1, 0.15) is 39.0 Å². The van der Waals surface area contributed by atoms with Crippen molar-refractivity contribution in [3.8, 4) is 11.4 Å². The van der Waals surface area contributed by atoms with Gasteiger partial charge in [-0.1, -0.05) is 31.5 Å². The number of benzene rings is 2. The molecule has 136 valence electrons. The molecular formula is C21H21ClFNO2. The minimum Gasteiger partial charge on any atom is -0.507 e. The van der Waals surface area contributed by atoms with Gasteiger partial charge in [0.2, 0.25) is 0 Å². The maximum Gasteiger partial charge on any atom is 0.143 e. The van der Waals surface area contributed by atoms with E-state index in [1.807, 2.05) is 24.5 Å². The summed E-state index contributed by atoms with van der Waals surface area (Å²) in [5.41, 5.74) is 2.58. The van der Waals surface area contributed by atoms with E-state index in [1.165, 1.54) is 6.07 Å². The van der Waals surface area contributed by atoms with Gasteiger partial charge >= 0.3 is 0 Å². The second kappa shape index (κ2) is 5.48. The van der Waals surface area contributed by atoms with Crippen LogP contribution in [0.3, 0.4) is 0 Å². The Balaban J connectivity index is 2.21. The number of phenolic OH excluding ortho intramolecular Hbond substituents is 1. The SMILES string of the molecule is CC1(C)COC(C)(C)c2c1n(-c1ccc(Cl)c(F)c1)c1cccc(O)c21. The van der Waals surface area contributed by atoms with Crippen LogP contribution in [-0.2, 0) is 15.8 Å². The van der Waals surface area contributed by atoms with E-state index in [9.17, 15) is 9.50 Å². The highest BCUT2D eigenvalue weighted by atomic mass is 35.5. The molecule has 26 heavy (non-hydrogen) atoms. The fourth-order valence-corrected chi connectivity index (χ4v) is 4.06. The fraction of sp³-hybridized carbons (Fsp3) is 0.333. The summed E-state index contributed by atoms with van der Waals surface area (Å²) < 4.78 is 22.4. The lowest BCUT2D eigenvalue weighted by Gasteiger charge is -2.41. The van der Waals surface area contributed by atoms with E-state index in [1.54, 1.807) is 24.3 Å². The fourth-order valence-electron chi connectivity index (χ4n) is 3.94. The predicted octanol–water partition coefficient (Wildman–Crippen LogP) is 5.67. The quantitative estimate of drug-likeness (QED) is 0.596. The Bertz CT molecular complexity index is 1040. The van der Waals surface area contributed by atoms with Gasteiger partial charge in [-0.3, -0.25) is 0 Å². The average Bonchev–Trinajstić information content (AvgIpc) is 2.94. The molecule has 0 amide bonds. The van der Waals surface area contributed by atoms with Crippen molar-refractivity contribution in [2.24, 2.45) is 0 Å². The van der Waals surface area contributed by atoms with Crippen molar-refractivity contribution < 1.29 is 14.2 Å². The van der Waals surface area contributed by atoms with E-state index < -0.39 is 11.4 Å². The highest BCUT2D eigenvalue weighted by Gasteiger charge is 2.43. The van der Waals surface area contributed by atoms with Crippen LogP contribution in [0.15, 0.2) is 36.4 Å². The minimum atomic E-state index is -0.571. The highest BCUT2D eigenvalue weighted by Crippen LogP contribution is 2.49. The molecule has 0 radical (unpaired) electrons. The summed E-state index contributed by atoms with van der Waals surface area (Å²) in [6.07, 6.45) is 0. The molecule has 5 heteroatoms. The zero-order chi connectivity index (χ0) is 18.9. The molecule has 1 N–H and O–H groups in total. The Morgan fingerprint density at radius 2 is 1.88 bits per heavy atom. The molecule has 1 aromatic heterocycles. The molecule has 0 spiro atoms. The van der Waals surface area contributed by atoms with E-state index in [-0.39, 0.29) is 16.2 Å². The summed E-state index contributed by atoms with van der Waals surface area (Å²) in [7, 11) is 0. The molecule has 0 saturated carbocycles. The topological polar surface area (TPSA) is 34.4 Å². The van der Waals surface area contributed by atoms with E-state index in [2.05, 4.69) is 13.8 Å². The van der Waals surface area contributed by atoms with Crippen molar-refractivity contribution in [2.75, 3.05) is 6.61 Å². The molecule has 0 saturated heterocycles. The summed E-state index contributed by atoms with van der Waals surface area (Å²) in [5, 5.41) is 11.5. The van der Waals surface area contributed by atoms with Crippen molar-refractivity contribution >= 4 is 22.5 Å². The van der Waals surface area contributed by atoms with Crippen LogP contribution in [0.25, 0.3) is 16.6 Å². The lowest BCUT2D eigenvalue weighted by molar-refractivity contribution is -0.0590. The minimum absolute atomic E-state index is 0.0878. The lowest BCUT2D eigenvalue weighted by Crippen LogP contribution is -2.40. The molecule has 0 atom stereocenters. The molecule has 0 unspecified atom stereocenters. The molecule has 2 heterocycles. The number of rotatable bonds is 1. The third kappa shape index (κ3) is 2.36. The Morgan fingerprint density at radius 1 is 1.15 bits per heavy atom. The molecule has 3 nitrogen and oxygen atoms in total. The largest absolute Gasteiger partial charge is 0.507 e. The second-order valence-corrected chi connectivity index (χ2v) is 8.42. The number of phenols is 1. The van der Waals surface area contributed by atoms with Crippen molar-refractivity contribution in [3.05, 3.63) is 58.5 Å². The predicted molar refractivity (Wildman–Crippen MR) is 102 cm³/mol. The number of halogens is 2. The standard InChI is InChI=1S/C21H21ClFNO2/c1-20(2)11-26-21(3,4)18-17-15(6-5-7-16(17)25)24(19(18)20)12-8-9-13(22)14(23)10-12/h5-10,25H,11H2,1-4H3. The van der Waals surface area contributed by atoms with Gasteiger partial charge in [0.1, 0.15) is 11.6 Å². The van der Waals surface area contributed by atoms with Gasteiger partial charge < -0.3 is 14.4 Å². The number of nitrogens with zero attached hydrogens (tertiary/aromatic N) is 1. The van der Waals surface area contributed by atoms with E-state index in [0.29, 0.717) is 12.3 Å². The number of hydrogen-bond acceptors (Lipinski definition) is 2. The monoisotopic (exact) mass is 373 g/mol. The molecule has 0 bridgehead atoms. The maximum absolute atomic E-state index is 14.2. The van der Waals surface area contributed by atoms with Crippen molar-refractivity contribution in [1.29, 1.82) is 0 Å². The zero-order valence-corrected chi connectivity index (χ0v) is 16.0. The summed E-state index contributed by atoms with van der Waals surface area (Å²) in [4.78, 5) is 0. The number of aromatic nitrogens is 1. The molecule has 0 fully saturated rings. The normalized spacial score (nSPS) is 18.1. The van der Waals surface area contributed by atoms with Gasteiger partial charge in [-0.05, 0) is 44.2 Å². The van der Waals surface area contributed by atoms with Crippen LogP contribution in [0, 0.1) is 5.82 Å². The highest BCUT2D eigenvalue weighted by molar-refractivity contribution is 6.30. The third-order valence-electron chi connectivity index (χ3n) is 5.17. The van der Waals surface area contributed by atoms with E-state index >= 15 is 0 Å². The summed E-state index contributed by atoms with van der Waals surface area (Å²) >= 11 is 5.89. The summed E-state index contributed by atoms with van der Waals surface area (Å²) in [6.45, 7) is 8.72. The molecule has 0 aliphatic carbocycles. The Labute approximate surface area is 157 Å². The third-order valence-corrected chi connectivity index (χ3v) is 5.48. The van der Waals surface area contributed by atoms with E-state index in [0.717, 1.165) is 22.2 Å². The van der Waals surface area contributed by atoms with Crippen LogP contribution in [0.2, 0.25) is 5.02 Å². The molecular weight excluding hydrogens is 353 g/mol. The molecule has 1 aliphatic rings. The zero-order valence-electron chi connectivity index (χ0n) is 15.2.